The number of nitrogen functional groups attached to an aromatic ring is 1. The Bertz CT molecular complexity index is 1030. The van der Waals surface area contributed by atoms with Crippen molar-refractivity contribution in [3.8, 4) is 0 Å². The molecule has 2 unspecified atom stereocenters. The minimum Gasteiger partial charge on any atom is -0.428 e. The summed E-state index contributed by atoms with van der Waals surface area (Å²) in [4.78, 5) is 60.6. The van der Waals surface area contributed by atoms with Crippen molar-refractivity contribution in [3.63, 3.8) is 0 Å². The van der Waals surface area contributed by atoms with E-state index in [0.717, 1.165) is 11.3 Å². The molecule has 0 aliphatic carbocycles. The second kappa shape index (κ2) is 11.9. The van der Waals surface area contributed by atoms with Crippen molar-refractivity contribution in [1.82, 2.24) is 15.2 Å². The van der Waals surface area contributed by atoms with Crippen molar-refractivity contribution in [1.29, 1.82) is 0 Å². The van der Waals surface area contributed by atoms with Crippen LogP contribution in [0.2, 0.25) is 0 Å². The monoisotopic (exact) mass is 543 g/mol. The van der Waals surface area contributed by atoms with E-state index in [4.69, 9.17) is 24.8 Å². The van der Waals surface area contributed by atoms with Crippen molar-refractivity contribution in [2.45, 2.75) is 31.7 Å². The third kappa shape index (κ3) is 6.07. The Morgan fingerprint density at radius 3 is 2.69 bits per heavy atom. The van der Waals surface area contributed by atoms with Gasteiger partial charge in [0.25, 0.3) is 5.91 Å². The van der Waals surface area contributed by atoms with E-state index in [2.05, 4.69) is 15.5 Å². The van der Waals surface area contributed by atoms with Crippen LogP contribution in [0, 0.1) is 11.3 Å². The van der Waals surface area contributed by atoms with Crippen LogP contribution >= 0.6 is 23.1 Å². The van der Waals surface area contributed by atoms with Crippen LogP contribution in [0.3, 0.4) is 0 Å². The van der Waals surface area contributed by atoms with Crippen molar-refractivity contribution in [2.75, 3.05) is 45.7 Å². The number of fused-ring (bicyclic) bond motifs is 1. The number of oxime groups is 1. The molecule has 2 aliphatic heterocycles. The fourth-order valence-electron chi connectivity index (χ4n) is 3.77. The highest BCUT2D eigenvalue weighted by molar-refractivity contribution is 8.00. The Kier molecular flexibility index (Phi) is 9.13. The molecule has 13 nitrogen and oxygen atoms in total. The molecule has 3 rings (SSSR count). The largest absolute Gasteiger partial charge is 0.428 e. The number of rotatable bonds is 11. The van der Waals surface area contributed by atoms with Crippen molar-refractivity contribution < 1.29 is 38.2 Å². The molecule has 2 amide bonds. The summed E-state index contributed by atoms with van der Waals surface area (Å²) in [5.74, 6) is -1.73. The van der Waals surface area contributed by atoms with Gasteiger partial charge in [0.2, 0.25) is 12.7 Å². The first-order valence-electron chi connectivity index (χ1n) is 11.0. The van der Waals surface area contributed by atoms with E-state index >= 15 is 0 Å². The summed E-state index contributed by atoms with van der Waals surface area (Å²) in [6.07, 6.45) is 0.209. The lowest BCUT2D eigenvalue weighted by atomic mass is 9.88. The predicted octanol–water partition coefficient (Wildman–Crippen LogP) is 0.199. The molecule has 0 bridgehead atoms. The summed E-state index contributed by atoms with van der Waals surface area (Å²) in [6, 6.07) is -0.825. The van der Waals surface area contributed by atoms with Gasteiger partial charge in [-0.15, -0.1) is 23.1 Å². The molecule has 0 radical (unpaired) electrons. The van der Waals surface area contributed by atoms with E-state index in [-0.39, 0.29) is 53.7 Å². The molecule has 2 saturated heterocycles. The van der Waals surface area contributed by atoms with Crippen LogP contribution in [0.5, 0.6) is 0 Å². The van der Waals surface area contributed by atoms with Gasteiger partial charge in [-0.1, -0.05) is 19.0 Å². The van der Waals surface area contributed by atoms with Gasteiger partial charge in [-0.25, -0.2) is 4.98 Å². The zero-order chi connectivity index (χ0) is 26.5. The zero-order valence-electron chi connectivity index (χ0n) is 20.3. The van der Waals surface area contributed by atoms with E-state index in [1.165, 1.54) is 30.9 Å². The minimum absolute atomic E-state index is 0.00217. The maximum Gasteiger partial charge on any atom is 0.319 e. The van der Waals surface area contributed by atoms with Gasteiger partial charge in [-0.3, -0.25) is 19.2 Å². The van der Waals surface area contributed by atoms with Crippen molar-refractivity contribution in [2.24, 2.45) is 16.5 Å². The number of thiazole rings is 1. The number of nitrogens with two attached hydrogens (primary N) is 1. The van der Waals surface area contributed by atoms with Crippen LogP contribution in [0.1, 0.15) is 26.0 Å². The molecule has 198 valence electrons. The van der Waals surface area contributed by atoms with Crippen LogP contribution in [-0.4, -0.2) is 90.7 Å². The molecule has 0 saturated carbocycles. The molecule has 3 heterocycles. The topological polar surface area (TPSA) is 172 Å². The quantitative estimate of drug-likeness (QED) is 0.128. The molecule has 1 aromatic heterocycles. The predicted molar refractivity (Wildman–Crippen MR) is 131 cm³/mol. The Labute approximate surface area is 216 Å². The molecule has 3 atom stereocenters. The molecular weight excluding hydrogens is 514 g/mol. The number of thioether (sulfide) groups is 1. The Morgan fingerprint density at radius 1 is 1.33 bits per heavy atom. The molecule has 2 aliphatic rings. The highest BCUT2D eigenvalue weighted by Crippen LogP contribution is 2.43. The highest BCUT2D eigenvalue weighted by Gasteiger charge is 2.58. The van der Waals surface area contributed by atoms with E-state index in [1.54, 1.807) is 5.38 Å². The number of hydrogen-bond acceptors (Lipinski definition) is 13. The van der Waals surface area contributed by atoms with Gasteiger partial charge in [0.1, 0.15) is 29.6 Å². The van der Waals surface area contributed by atoms with Gasteiger partial charge < -0.3 is 35.0 Å². The van der Waals surface area contributed by atoms with Gasteiger partial charge in [0, 0.05) is 31.2 Å². The third-order valence-corrected chi connectivity index (χ3v) is 7.69. The fraction of sp³-hybridized carbons (Fsp3) is 0.619. The average Bonchev–Trinajstić information content (AvgIpc) is 3.26. The van der Waals surface area contributed by atoms with Gasteiger partial charge >= 0.3 is 11.9 Å². The summed E-state index contributed by atoms with van der Waals surface area (Å²) < 4.78 is 15.4. The summed E-state index contributed by atoms with van der Waals surface area (Å²) in [7, 11) is 2.73. The summed E-state index contributed by atoms with van der Waals surface area (Å²) in [6.45, 7) is 3.26. The van der Waals surface area contributed by atoms with Crippen LogP contribution in [0.4, 0.5) is 5.13 Å². The zero-order valence-corrected chi connectivity index (χ0v) is 22.0. The SMILES string of the molecule is COCC1(C(=O)OCOC(=O)CC(C)C)CS[C@@H]2C(NC(=O)C(=NOC)c3csc(N)n3)C(=O)N2C1. The van der Waals surface area contributed by atoms with Gasteiger partial charge in [0.05, 0.1) is 6.61 Å². The van der Waals surface area contributed by atoms with E-state index < -0.39 is 41.5 Å². The standard InChI is InChI=1S/C21H29N5O8S2/c1-11(2)5-13(27)33-10-34-19(30)21(8-31-3)7-26-17(29)15(18(26)36-9-21)24-16(28)14(25-32-4)12-6-35-20(22)23-12/h6,11,15,18H,5,7-10H2,1-4H3,(H2,22,23)(H,24,28)/t15?,18-,21?/m1/s1. The molecular formula is C21H29N5O8S2. The Balaban J connectivity index is 1.61. The Morgan fingerprint density at radius 2 is 2.08 bits per heavy atom. The van der Waals surface area contributed by atoms with Crippen molar-refractivity contribution >= 4 is 57.7 Å². The molecule has 1 aromatic rings. The first kappa shape index (κ1) is 27.7. The second-order valence-corrected chi connectivity index (χ2v) is 10.7. The number of carbonyl (C=O) groups is 4. The lowest BCUT2D eigenvalue weighted by Gasteiger charge is -2.53. The summed E-state index contributed by atoms with van der Waals surface area (Å²) in [5, 5.41) is 7.81. The van der Waals surface area contributed by atoms with Gasteiger partial charge in [-0.2, -0.15) is 0 Å². The lowest BCUT2D eigenvalue weighted by molar-refractivity contribution is -0.179. The first-order chi connectivity index (χ1) is 17.1. The number of methoxy groups -OCH3 is 1. The summed E-state index contributed by atoms with van der Waals surface area (Å²) >= 11 is 2.45. The average molecular weight is 544 g/mol. The third-order valence-electron chi connectivity index (χ3n) is 5.43. The normalized spacial score (nSPS) is 23.5. The molecule has 0 spiro atoms. The number of amides is 2. The number of aromatic nitrogens is 1. The number of ether oxygens (including phenoxy) is 3. The number of carbonyl (C=O) groups excluding carboxylic acids is 4. The minimum atomic E-state index is -1.15. The maximum absolute atomic E-state index is 12.9. The first-order valence-corrected chi connectivity index (χ1v) is 12.9. The van der Waals surface area contributed by atoms with E-state index in [9.17, 15) is 19.2 Å². The Hall–Kier alpha value is -2.91. The number of β-lactam (4-membered cyclic amide) rings is 1. The fourth-order valence-corrected chi connectivity index (χ4v) is 5.83. The number of anilines is 1. The van der Waals surface area contributed by atoms with Crippen LogP contribution in [-0.2, 0) is 38.2 Å². The van der Waals surface area contributed by atoms with E-state index in [0.29, 0.717) is 0 Å². The summed E-state index contributed by atoms with van der Waals surface area (Å²) in [5.41, 5.74) is 4.62. The second-order valence-electron chi connectivity index (χ2n) is 8.69. The molecule has 0 aromatic carbocycles. The van der Waals surface area contributed by atoms with Crippen LogP contribution in [0.25, 0.3) is 0 Å². The highest BCUT2D eigenvalue weighted by atomic mass is 32.2. The molecule has 3 N–H and O–H groups in total. The van der Waals surface area contributed by atoms with E-state index in [1.807, 2.05) is 13.8 Å². The van der Waals surface area contributed by atoms with Gasteiger partial charge in [-0.05, 0) is 5.92 Å². The number of esters is 2. The number of nitrogens with zero attached hydrogens (tertiary/aromatic N) is 3. The molecule has 36 heavy (non-hydrogen) atoms. The molecule has 2 fully saturated rings. The van der Waals surface area contributed by atoms with Crippen molar-refractivity contribution in [3.05, 3.63) is 11.1 Å². The maximum atomic E-state index is 12.9. The smallest absolute Gasteiger partial charge is 0.319 e. The van der Waals surface area contributed by atoms with Crippen LogP contribution < -0.4 is 11.1 Å². The van der Waals surface area contributed by atoms with Gasteiger partial charge in [0.15, 0.2) is 10.8 Å². The lowest BCUT2D eigenvalue weighted by Crippen LogP contribution is -2.74. The molecule has 15 heteroatoms. The number of nitrogens with one attached hydrogen (secondary N) is 1. The van der Waals surface area contributed by atoms with Crippen LogP contribution in [0.15, 0.2) is 10.5 Å². The number of hydrogen-bond donors (Lipinski definition) is 2.